The van der Waals surface area contributed by atoms with E-state index in [1.807, 2.05) is 24.8 Å². The lowest BCUT2D eigenvalue weighted by Crippen LogP contribution is -2.32. The molecule has 0 atom stereocenters. The summed E-state index contributed by atoms with van der Waals surface area (Å²) in [6.45, 7) is 4.14. The number of pyridine rings is 1. The maximum atomic E-state index is 12.3. The minimum atomic E-state index is -0.323. The van der Waals surface area contributed by atoms with Gasteiger partial charge in [0.15, 0.2) is 0 Å². The Morgan fingerprint density at radius 2 is 1.96 bits per heavy atom. The van der Waals surface area contributed by atoms with Crippen LogP contribution >= 0.6 is 11.8 Å². The second-order valence-electron chi connectivity index (χ2n) is 5.74. The van der Waals surface area contributed by atoms with Gasteiger partial charge in [-0.15, -0.1) is 0 Å². The highest BCUT2D eigenvalue weighted by atomic mass is 32.2. The number of urea groups is 1. The van der Waals surface area contributed by atoms with Gasteiger partial charge < -0.3 is 20.3 Å². The van der Waals surface area contributed by atoms with Gasteiger partial charge in [0.2, 0.25) is 5.88 Å². The first kappa shape index (κ1) is 17.4. The van der Waals surface area contributed by atoms with Crippen LogP contribution in [0.1, 0.15) is 5.56 Å². The molecule has 2 aromatic rings. The smallest absolute Gasteiger partial charge is 0.323 e. The maximum absolute atomic E-state index is 12.3. The van der Waals surface area contributed by atoms with Gasteiger partial charge in [-0.1, -0.05) is 0 Å². The lowest BCUT2D eigenvalue weighted by atomic mass is 10.1. The summed E-state index contributed by atoms with van der Waals surface area (Å²) in [6.07, 6.45) is 1.61. The number of hydrogen-bond donors (Lipinski definition) is 2. The third-order valence-electron chi connectivity index (χ3n) is 4.05. The van der Waals surface area contributed by atoms with E-state index in [1.54, 1.807) is 18.3 Å². The number of hydrogen-bond acceptors (Lipinski definition) is 5. The van der Waals surface area contributed by atoms with E-state index in [-0.39, 0.29) is 6.03 Å². The van der Waals surface area contributed by atoms with Crippen molar-refractivity contribution < 1.29 is 9.53 Å². The lowest BCUT2D eigenvalue weighted by molar-refractivity contribution is 0.262. The van der Waals surface area contributed by atoms with Gasteiger partial charge >= 0.3 is 6.03 Å². The summed E-state index contributed by atoms with van der Waals surface area (Å²) >= 11 is 1.99. The number of thioether (sulfide) groups is 1. The standard InChI is InChI=1S/C18H22N4O2S/c1-13-12-14(22-8-10-25-11-9-22)5-6-15(13)20-18(23)21-16-4-3-7-19-17(16)24-2/h3-7,12H,8-11H2,1-2H3,(H2,20,21,23). The van der Waals surface area contributed by atoms with Crippen molar-refractivity contribution in [1.82, 2.24) is 4.98 Å². The number of amides is 2. The largest absolute Gasteiger partial charge is 0.480 e. The molecule has 1 aromatic heterocycles. The van der Waals surface area contributed by atoms with Gasteiger partial charge in [0.05, 0.1) is 7.11 Å². The first-order valence-electron chi connectivity index (χ1n) is 8.18. The zero-order chi connectivity index (χ0) is 17.6. The Labute approximate surface area is 152 Å². The van der Waals surface area contributed by atoms with Crippen LogP contribution in [0.15, 0.2) is 36.5 Å². The number of nitrogens with zero attached hydrogens (tertiary/aromatic N) is 2. The van der Waals surface area contributed by atoms with Crippen LogP contribution < -0.4 is 20.3 Å². The minimum absolute atomic E-state index is 0.323. The number of anilines is 3. The van der Waals surface area contributed by atoms with Crippen molar-refractivity contribution in [3.63, 3.8) is 0 Å². The molecule has 0 bridgehead atoms. The monoisotopic (exact) mass is 358 g/mol. The summed E-state index contributed by atoms with van der Waals surface area (Å²) in [5.74, 6) is 2.70. The lowest BCUT2D eigenvalue weighted by Gasteiger charge is -2.29. The second-order valence-corrected chi connectivity index (χ2v) is 6.96. The predicted molar refractivity (Wildman–Crippen MR) is 104 cm³/mol. The number of carbonyl (C=O) groups excluding carboxylic acids is 1. The number of aromatic nitrogens is 1. The highest BCUT2D eigenvalue weighted by molar-refractivity contribution is 7.99. The van der Waals surface area contributed by atoms with Crippen LogP contribution in [0.3, 0.4) is 0 Å². The van der Waals surface area contributed by atoms with E-state index in [0.29, 0.717) is 11.6 Å². The van der Waals surface area contributed by atoms with Crippen molar-refractivity contribution >= 4 is 34.9 Å². The molecule has 1 fully saturated rings. The van der Waals surface area contributed by atoms with Crippen molar-refractivity contribution in [2.75, 3.05) is 47.2 Å². The van der Waals surface area contributed by atoms with Crippen LogP contribution in [0.5, 0.6) is 5.88 Å². The number of aryl methyl sites for hydroxylation is 1. The van der Waals surface area contributed by atoms with Gasteiger partial charge in [-0.3, -0.25) is 0 Å². The summed E-state index contributed by atoms with van der Waals surface area (Å²) in [5.41, 5.74) is 3.56. The van der Waals surface area contributed by atoms with Gasteiger partial charge in [-0.05, 0) is 42.8 Å². The SMILES string of the molecule is COc1ncccc1NC(=O)Nc1ccc(N2CCSCC2)cc1C. The molecule has 0 unspecified atom stereocenters. The molecule has 1 aliphatic heterocycles. The molecule has 25 heavy (non-hydrogen) atoms. The van der Waals surface area contributed by atoms with E-state index in [2.05, 4.69) is 32.7 Å². The molecule has 1 saturated heterocycles. The van der Waals surface area contributed by atoms with Crippen LogP contribution in [-0.4, -0.2) is 42.7 Å². The van der Waals surface area contributed by atoms with Crippen molar-refractivity contribution in [3.05, 3.63) is 42.1 Å². The van der Waals surface area contributed by atoms with E-state index in [9.17, 15) is 4.79 Å². The molecular formula is C18H22N4O2S. The first-order valence-corrected chi connectivity index (χ1v) is 9.33. The van der Waals surface area contributed by atoms with Crippen molar-refractivity contribution in [3.8, 4) is 5.88 Å². The quantitative estimate of drug-likeness (QED) is 0.874. The predicted octanol–water partition coefficient (Wildman–Crippen LogP) is 3.60. The van der Waals surface area contributed by atoms with Crippen LogP contribution in [0.25, 0.3) is 0 Å². The molecule has 0 spiro atoms. The van der Waals surface area contributed by atoms with Gasteiger partial charge in [-0.2, -0.15) is 11.8 Å². The molecule has 7 heteroatoms. The molecule has 2 N–H and O–H groups in total. The summed E-state index contributed by atoms with van der Waals surface area (Å²) in [6, 6.07) is 9.30. The van der Waals surface area contributed by atoms with Gasteiger partial charge in [0, 0.05) is 42.2 Å². The molecule has 0 aliphatic carbocycles. The Bertz CT molecular complexity index is 748. The fourth-order valence-electron chi connectivity index (χ4n) is 2.73. The first-order chi connectivity index (χ1) is 12.2. The van der Waals surface area contributed by atoms with Gasteiger partial charge in [0.1, 0.15) is 5.69 Å². The van der Waals surface area contributed by atoms with Crippen LogP contribution in [-0.2, 0) is 0 Å². The molecule has 1 aliphatic rings. The number of rotatable bonds is 4. The zero-order valence-corrected chi connectivity index (χ0v) is 15.2. The van der Waals surface area contributed by atoms with Crippen LogP contribution in [0.4, 0.5) is 21.9 Å². The Hall–Kier alpha value is -2.41. The number of benzene rings is 1. The highest BCUT2D eigenvalue weighted by Gasteiger charge is 2.13. The number of carbonyl (C=O) groups is 1. The molecule has 0 saturated carbocycles. The minimum Gasteiger partial charge on any atom is -0.480 e. The summed E-state index contributed by atoms with van der Waals surface area (Å²) in [7, 11) is 1.52. The second kappa shape index (κ2) is 8.11. The summed E-state index contributed by atoms with van der Waals surface area (Å²) in [4.78, 5) is 18.7. The van der Waals surface area contributed by atoms with Crippen molar-refractivity contribution in [2.24, 2.45) is 0 Å². The van der Waals surface area contributed by atoms with Gasteiger partial charge in [-0.25, -0.2) is 9.78 Å². The molecular weight excluding hydrogens is 336 g/mol. The molecule has 6 nitrogen and oxygen atoms in total. The Morgan fingerprint density at radius 1 is 1.20 bits per heavy atom. The third kappa shape index (κ3) is 4.36. The molecule has 1 aromatic carbocycles. The van der Waals surface area contributed by atoms with E-state index in [4.69, 9.17) is 4.74 Å². The van der Waals surface area contributed by atoms with E-state index < -0.39 is 0 Å². The van der Waals surface area contributed by atoms with Crippen LogP contribution in [0.2, 0.25) is 0 Å². The number of nitrogens with one attached hydrogen (secondary N) is 2. The average molecular weight is 358 g/mol. The van der Waals surface area contributed by atoms with Gasteiger partial charge in [0.25, 0.3) is 0 Å². The van der Waals surface area contributed by atoms with Crippen molar-refractivity contribution in [1.29, 1.82) is 0 Å². The zero-order valence-electron chi connectivity index (χ0n) is 14.4. The van der Waals surface area contributed by atoms with E-state index in [1.165, 1.54) is 12.8 Å². The topological polar surface area (TPSA) is 66.5 Å². The normalized spacial score (nSPS) is 14.1. The molecule has 132 valence electrons. The van der Waals surface area contributed by atoms with Crippen molar-refractivity contribution in [2.45, 2.75) is 6.92 Å². The average Bonchev–Trinajstić information content (AvgIpc) is 2.64. The fourth-order valence-corrected chi connectivity index (χ4v) is 3.63. The Kier molecular flexibility index (Phi) is 5.65. The Balaban J connectivity index is 1.67. The number of ether oxygens (including phenoxy) is 1. The molecule has 2 heterocycles. The third-order valence-corrected chi connectivity index (χ3v) is 4.99. The summed E-state index contributed by atoms with van der Waals surface area (Å²) in [5, 5.41) is 5.65. The van der Waals surface area contributed by atoms with Crippen LogP contribution in [0, 0.1) is 6.92 Å². The fraction of sp³-hybridized carbons (Fsp3) is 0.333. The Morgan fingerprint density at radius 3 is 2.68 bits per heavy atom. The molecule has 3 rings (SSSR count). The molecule has 2 amide bonds. The number of methoxy groups -OCH3 is 1. The molecule has 0 radical (unpaired) electrons. The highest BCUT2D eigenvalue weighted by Crippen LogP contribution is 2.25. The maximum Gasteiger partial charge on any atom is 0.323 e. The van der Waals surface area contributed by atoms with E-state index in [0.717, 1.165) is 35.8 Å². The summed E-state index contributed by atoms with van der Waals surface area (Å²) < 4.78 is 5.14. The van der Waals surface area contributed by atoms with E-state index >= 15 is 0 Å².